The van der Waals surface area contributed by atoms with Gasteiger partial charge in [0.2, 0.25) is 5.91 Å². The Morgan fingerprint density at radius 2 is 2.18 bits per heavy atom. The van der Waals surface area contributed by atoms with Gasteiger partial charge in [0.05, 0.1) is 18.5 Å². The Morgan fingerprint density at radius 1 is 1.50 bits per heavy atom. The number of carbonyl (C=O) groups is 1. The van der Waals surface area contributed by atoms with Gasteiger partial charge >= 0.3 is 6.18 Å². The maximum absolute atomic E-state index is 12.2. The second-order valence-corrected chi connectivity index (χ2v) is 6.05. The van der Waals surface area contributed by atoms with Crippen LogP contribution in [0.15, 0.2) is 28.7 Å². The van der Waals surface area contributed by atoms with Gasteiger partial charge in [0.15, 0.2) is 0 Å². The number of likely N-dealkylation sites (tertiary alicyclic amines) is 1. The average Bonchev–Trinajstić information content (AvgIpc) is 2.38. The van der Waals surface area contributed by atoms with Crippen LogP contribution in [0.2, 0.25) is 0 Å². The van der Waals surface area contributed by atoms with E-state index in [1.807, 2.05) is 6.07 Å². The van der Waals surface area contributed by atoms with Crippen LogP contribution in [0.5, 0.6) is 0 Å². The Bertz CT molecular complexity index is 594. The van der Waals surface area contributed by atoms with Crippen molar-refractivity contribution in [3.05, 3.63) is 34.3 Å². The van der Waals surface area contributed by atoms with E-state index < -0.39 is 30.6 Å². The maximum atomic E-state index is 12.2. The molecule has 1 heterocycles. The van der Waals surface area contributed by atoms with E-state index in [-0.39, 0.29) is 13.1 Å². The molecule has 1 aromatic carbocycles. The smallest absolute Gasteiger partial charge is 0.336 e. The van der Waals surface area contributed by atoms with Gasteiger partial charge in [0, 0.05) is 17.6 Å². The van der Waals surface area contributed by atoms with Gasteiger partial charge in [-0.15, -0.1) is 0 Å². The lowest BCUT2D eigenvalue weighted by Crippen LogP contribution is -2.56. The molecule has 1 atom stereocenters. The van der Waals surface area contributed by atoms with Crippen molar-refractivity contribution < 1.29 is 18.0 Å². The van der Waals surface area contributed by atoms with Crippen molar-refractivity contribution in [1.82, 2.24) is 10.2 Å². The number of hydrogen-bond acceptors (Lipinski definition) is 3. The number of nitriles is 1. The zero-order valence-corrected chi connectivity index (χ0v) is 13.0. The Labute approximate surface area is 134 Å². The molecule has 1 fully saturated rings. The summed E-state index contributed by atoms with van der Waals surface area (Å²) in [5.41, 5.74) is 0.622. The van der Waals surface area contributed by atoms with Gasteiger partial charge in [0.1, 0.15) is 6.04 Å². The number of halogens is 4. The van der Waals surface area contributed by atoms with Crippen LogP contribution in [-0.2, 0) is 4.79 Å². The van der Waals surface area contributed by atoms with Crippen molar-refractivity contribution in [2.45, 2.75) is 12.2 Å². The van der Waals surface area contributed by atoms with E-state index in [1.54, 1.807) is 24.3 Å². The van der Waals surface area contributed by atoms with Crippen LogP contribution >= 0.6 is 15.9 Å². The SMILES string of the molecule is N#C[C@H](NC(=O)C1CN(CC(F)(F)F)C1)c1cccc(Br)c1. The summed E-state index contributed by atoms with van der Waals surface area (Å²) in [6, 6.07) is 8.11. The van der Waals surface area contributed by atoms with Crippen molar-refractivity contribution in [3.63, 3.8) is 0 Å². The number of rotatable bonds is 4. The number of amides is 1. The first kappa shape index (κ1) is 16.8. The minimum absolute atomic E-state index is 0.0575. The molecule has 0 radical (unpaired) electrons. The van der Waals surface area contributed by atoms with Crippen molar-refractivity contribution in [2.75, 3.05) is 19.6 Å². The van der Waals surface area contributed by atoms with Gasteiger partial charge < -0.3 is 5.32 Å². The lowest BCUT2D eigenvalue weighted by Gasteiger charge is -2.38. The molecule has 1 aliphatic heterocycles. The molecule has 0 aliphatic carbocycles. The Kier molecular flexibility index (Phi) is 5.08. The number of nitrogens with one attached hydrogen (secondary N) is 1. The minimum atomic E-state index is -4.26. The number of carbonyl (C=O) groups excluding carboxylic acids is 1. The summed E-state index contributed by atoms with van der Waals surface area (Å²) < 4.78 is 37.3. The summed E-state index contributed by atoms with van der Waals surface area (Å²) >= 11 is 3.28. The van der Waals surface area contributed by atoms with E-state index in [0.29, 0.717) is 5.56 Å². The molecule has 8 heteroatoms. The molecule has 0 bridgehead atoms. The van der Waals surface area contributed by atoms with Crippen LogP contribution in [0, 0.1) is 17.2 Å². The van der Waals surface area contributed by atoms with E-state index >= 15 is 0 Å². The normalized spacial score (nSPS) is 17.4. The Hall–Kier alpha value is -1.59. The first-order valence-electron chi connectivity index (χ1n) is 6.53. The van der Waals surface area contributed by atoms with E-state index in [4.69, 9.17) is 5.26 Å². The second kappa shape index (κ2) is 6.67. The van der Waals surface area contributed by atoms with Crippen LogP contribution < -0.4 is 5.32 Å². The van der Waals surface area contributed by atoms with Crippen LogP contribution in [-0.4, -0.2) is 36.6 Å². The van der Waals surface area contributed by atoms with Gasteiger partial charge in [-0.2, -0.15) is 18.4 Å². The summed E-state index contributed by atoms with van der Waals surface area (Å²) in [6.07, 6.45) is -4.26. The van der Waals surface area contributed by atoms with E-state index in [9.17, 15) is 18.0 Å². The molecular formula is C14H13BrF3N3O. The van der Waals surface area contributed by atoms with Crippen molar-refractivity contribution in [2.24, 2.45) is 5.92 Å². The van der Waals surface area contributed by atoms with Gasteiger partial charge in [0.25, 0.3) is 0 Å². The summed E-state index contributed by atoms with van der Waals surface area (Å²) in [6.45, 7) is -0.895. The lowest BCUT2D eigenvalue weighted by atomic mass is 9.98. The van der Waals surface area contributed by atoms with Gasteiger partial charge in [-0.1, -0.05) is 28.1 Å². The third-order valence-electron chi connectivity index (χ3n) is 3.33. The molecule has 0 spiro atoms. The monoisotopic (exact) mass is 375 g/mol. The summed E-state index contributed by atoms with van der Waals surface area (Å²) in [5, 5.41) is 11.7. The van der Waals surface area contributed by atoms with E-state index in [2.05, 4.69) is 21.2 Å². The highest BCUT2D eigenvalue weighted by Gasteiger charge is 2.40. The molecule has 0 saturated carbocycles. The molecule has 2 rings (SSSR count). The molecule has 1 amide bonds. The molecule has 1 saturated heterocycles. The summed E-state index contributed by atoms with van der Waals surface area (Å²) in [4.78, 5) is 13.1. The number of benzene rings is 1. The van der Waals surface area contributed by atoms with E-state index in [1.165, 1.54) is 0 Å². The number of hydrogen-bond donors (Lipinski definition) is 1. The largest absolute Gasteiger partial charge is 0.401 e. The third kappa shape index (κ3) is 4.45. The summed E-state index contributed by atoms with van der Waals surface area (Å²) in [5.74, 6) is -0.907. The molecule has 1 N–H and O–H groups in total. The first-order chi connectivity index (χ1) is 10.3. The Balaban J connectivity index is 1.88. The number of nitrogens with zero attached hydrogens (tertiary/aromatic N) is 2. The molecule has 22 heavy (non-hydrogen) atoms. The molecule has 4 nitrogen and oxygen atoms in total. The lowest BCUT2D eigenvalue weighted by molar-refractivity contribution is -0.163. The second-order valence-electron chi connectivity index (χ2n) is 5.13. The maximum Gasteiger partial charge on any atom is 0.401 e. The quantitative estimate of drug-likeness (QED) is 0.879. The third-order valence-corrected chi connectivity index (χ3v) is 3.82. The van der Waals surface area contributed by atoms with E-state index in [0.717, 1.165) is 9.37 Å². The highest BCUT2D eigenvalue weighted by Crippen LogP contribution is 2.24. The van der Waals surface area contributed by atoms with Crippen LogP contribution in [0.25, 0.3) is 0 Å². The van der Waals surface area contributed by atoms with Crippen LogP contribution in [0.1, 0.15) is 11.6 Å². The molecule has 1 aliphatic rings. The molecular weight excluding hydrogens is 363 g/mol. The van der Waals surface area contributed by atoms with Gasteiger partial charge in [-0.05, 0) is 17.7 Å². The highest BCUT2D eigenvalue weighted by atomic mass is 79.9. The average molecular weight is 376 g/mol. The van der Waals surface area contributed by atoms with Gasteiger partial charge in [-0.3, -0.25) is 9.69 Å². The van der Waals surface area contributed by atoms with Crippen molar-refractivity contribution >= 4 is 21.8 Å². The van der Waals surface area contributed by atoms with Gasteiger partial charge in [-0.25, -0.2) is 0 Å². The predicted octanol–water partition coefficient (Wildman–Crippen LogP) is 2.62. The van der Waals surface area contributed by atoms with Crippen molar-refractivity contribution in [1.29, 1.82) is 5.26 Å². The Morgan fingerprint density at radius 3 is 2.73 bits per heavy atom. The fraction of sp³-hybridized carbons (Fsp3) is 0.429. The summed E-state index contributed by atoms with van der Waals surface area (Å²) in [7, 11) is 0. The standard InChI is InChI=1S/C14H13BrF3N3O/c15-11-3-1-2-9(4-11)12(5-19)20-13(22)10-6-21(7-10)8-14(16,17)18/h1-4,10,12H,6-8H2,(H,20,22)/t12-/m0/s1. The highest BCUT2D eigenvalue weighted by molar-refractivity contribution is 9.10. The van der Waals surface area contributed by atoms with Crippen LogP contribution in [0.3, 0.4) is 0 Å². The van der Waals surface area contributed by atoms with Crippen LogP contribution in [0.4, 0.5) is 13.2 Å². The predicted molar refractivity (Wildman–Crippen MR) is 76.6 cm³/mol. The fourth-order valence-corrected chi connectivity index (χ4v) is 2.67. The topological polar surface area (TPSA) is 56.1 Å². The number of alkyl halides is 3. The van der Waals surface area contributed by atoms with Crippen molar-refractivity contribution in [3.8, 4) is 6.07 Å². The zero-order valence-electron chi connectivity index (χ0n) is 11.4. The molecule has 0 aromatic heterocycles. The zero-order chi connectivity index (χ0) is 16.3. The first-order valence-corrected chi connectivity index (χ1v) is 7.32. The molecule has 1 aromatic rings. The molecule has 118 valence electrons. The molecule has 0 unspecified atom stereocenters. The fourth-order valence-electron chi connectivity index (χ4n) is 2.25. The minimum Gasteiger partial charge on any atom is -0.336 e.